The maximum atomic E-state index is 5.42. The molecular formula is C18H19N. The van der Waals surface area contributed by atoms with Crippen LogP contribution in [-0.2, 0) is 0 Å². The van der Waals surface area contributed by atoms with Gasteiger partial charge < -0.3 is 5.32 Å². The summed E-state index contributed by atoms with van der Waals surface area (Å²) in [6.07, 6.45) is 5.42. The van der Waals surface area contributed by atoms with E-state index in [2.05, 4.69) is 59.8 Å². The van der Waals surface area contributed by atoms with Crippen LogP contribution in [0.15, 0.2) is 60.7 Å². The molecule has 0 amide bonds. The molecule has 1 nitrogen and oxygen atoms in total. The van der Waals surface area contributed by atoms with Gasteiger partial charge in [0.25, 0.3) is 0 Å². The molecule has 0 heterocycles. The zero-order chi connectivity index (χ0) is 13.5. The summed E-state index contributed by atoms with van der Waals surface area (Å²) in [5, 5.41) is 3.39. The summed E-state index contributed by atoms with van der Waals surface area (Å²) in [5.74, 6) is 3.04. The third-order valence-corrected chi connectivity index (χ3v) is 3.28. The van der Waals surface area contributed by atoms with Crippen molar-refractivity contribution in [1.82, 2.24) is 5.32 Å². The lowest BCUT2D eigenvalue weighted by Gasteiger charge is -2.20. The molecule has 0 saturated heterocycles. The highest BCUT2D eigenvalue weighted by Crippen LogP contribution is 2.23. The lowest BCUT2D eigenvalue weighted by atomic mass is 9.91. The molecule has 0 spiro atoms. The van der Waals surface area contributed by atoms with E-state index in [0.29, 0.717) is 5.92 Å². The van der Waals surface area contributed by atoms with Crippen molar-refractivity contribution in [1.29, 1.82) is 0 Å². The third kappa shape index (κ3) is 3.71. The zero-order valence-corrected chi connectivity index (χ0v) is 11.2. The first kappa shape index (κ1) is 13.4. The van der Waals surface area contributed by atoms with Crippen LogP contribution in [0, 0.1) is 12.3 Å². The van der Waals surface area contributed by atoms with Gasteiger partial charge in [0, 0.05) is 12.5 Å². The molecule has 0 aromatic heterocycles. The number of benzene rings is 2. The number of hydrogen-bond acceptors (Lipinski definition) is 1. The van der Waals surface area contributed by atoms with Crippen molar-refractivity contribution >= 4 is 0 Å². The summed E-state index contributed by atoms with van der Waals surface area (Å²) in [5.41, 5.74) is 2.62. The van der Waals surface area contributed by atoms with E-state index in [-0.39, 0.29) is 6.04 Å². The van der Waals surface area contributed by atoms with Crippen LogP contribution in [0.2, 0.25) is 0 Å². The second-order valence-electron chi connectivity index (χ2n) is 4.67. The Morgan fingerprint density at radius 2 is 1.42 bits per heavy atom. The quantitative estimate of drug-likeness (QED) is 0.801. The number of terminal acetylenes is 1. The van der Waals surface area contributed by atoms with Gasteiger partial charge in [0.2, 0.25) is 0 Å². The van der Waals surface area contributed by atoms with Gasteiger partial charge in [-0.15, -0.1) is 6.42 Å². The van der Waals surface area contributed by atoms with Gasteiger partial charge in [-0.1, -0.05) is 66.6 Å². The minimum Gasteiger partial charge on any atom is -0.303 e. The summed E-state index contributed by atoms with van der Waals surface area (Å²) < 4.78 is 0. The van der Waals surface area contributed by atoms with Crippen LogP contribution in [0.4, 0.5) is 0 Å². The Morgan fingerprint density at radius 1 is 0.947 bits per heavy atom. The van der Waals surface area contributed by atoms with Crippen molar-refractivity contribution in [2.75, 3.05) is 6.54 Å². The Morgan fingerprint density at radius 3 is 1.84 bits per heavy atom. The third-order valence-electron chi connectivity index (χ3n) is 3.28. The second kappa shape index (κ2) is 6.78. The lowest BCUT2D eigenvalue weighted by Crippen LogP contribution is -2.29. The van der Waals surface area contributed by atoms with Crippen molar-refractivity contribution in [2.24, 2.45) is 0 Å². The first-order chi connectivity index (χ1) is 9.31. The van der Waals surface area contributed by atoms with Gasteiger partial charge in [-0.2, -0.15) is 0 Å². The molecule has 0 saturated carbocycles. The zero-order valence-electron chi connectivity index (χ0n) is 11.2. The highest BCUT2D eigenvalue weighted by molar-refractivity contribution is 5.32. The average molecular weight is 249 g/mol. The van der Waals surface area contributed by atoms with Gasteiger partial charge in [0.1, 0.15) is 0 Å². The number of hydrogen-bond donors (Lipinski definition) is 1. The Labute approximate surface area is 115 Å². The highest BCUT2D eigenvalue weighted by atomic mass is 14.9. The monoisotopic (exact) mass is 249 g/mol. The van der Waals surface area contributed by atoms with Crippen LogP contribution in [0.5, 0.6) is 0 Å². The Bertz CT molecular complexity index is 485. The van der Waals surface area contributed by atoms with E-state index in [1.807, 2.05) is 19.1 Å². The van der Waals surface area contributed by atoms with Crippen molar-refractivity contribution < 1.29 is 0 Å². The highest BCUT2D eigenvalue weighted by Gasteiger charge is 2.13. The van der Waals surface area contributed by atoms with Crippen LogP contribution in [0.3, 0.4) is 0 Å². The van der Waals surface area contributed by atoms with Crippen LogP contribution in [0.1, 0.15) is 24.0 Å². The van der Waals surface area contributed by atoms with Gasteiger partial charge in [0.15, 0.2) is 0 Å². The molecule has 0 aliphatic carbocycles. The molecule has 1 N–H and O–H groups in total. The number of nitrogens with one attached hydrogen (secondary N) is 1. The first-order valence-corrected chi connectivity index (χ1v) is 6.60. The second-order valence-corrected chi connectivity index (χ2v) is 4.67. The molecule has 2 rings (SSSR count). The van der Waals surface area contributed by atoms with Crippen LogP contribution in [0.25, 0.3) is 0 Å². The van der Waals surface area contributed by atoms with E-state index >= 15 is 0 Å². The summed E-state index contributed by atoms with van der Waals surface area (Å²) in [6, 6.07) is 21.2. The van der Waals surface area contributed by atoms with E-state index in [1.54, 1.807) is 0 Å². The standard InChI is InChI=1S/C18H19N/c1-3-15(2)19-14-18(16-10-6-4-7-11-16)17-12-8-5-9-13-17/h1,4-13,15,18-19H,14H2,2H3. The van der Waals surface area contributed by atoms with Crippen molar-refractivity contribution in [2.45, 2.75) is 18.9 Å². The molecule has 0 aliphatic heterocycles. The van der Waals surface area contributed by atoms with Crippen molar-refractivity contribution in [3.8, 4) is 12.3 Å². The van der Waals surface area contributed by atoms with Crippen LogP contribution >= 0.6 is 0 Å². The maximum Gasteiger partial charge on any atom is 0.0658 e. The smallest absolute Gasteiger partial charge is 0.0658 e. The maximum absolute atomic E-state index is 5.42. The summed E-state index contributed by atoms with van der Waals surface area (Å²) in [4.78, 5) is 0. The fourth-order valence-corrected chi connectivity index (χ4v) is 2.15. The molecule has 0 radical (unpaired) electrons. The SMILES string of the molecule is C#CC(C)NCC(c1ccccc1)c1ccccc1. The van der Waals surface area contributed by atoms with Gasteiger partial charge in [-0.05, 0) is 18.1 Å². The summed E-state index contributed by atoms with van der Waals surface area (Å²) >= 11 is 0. The molecule has 1 unspecified atom stereocenters. The Hall–Kier alpha value is -2.04. The van der Waals surface area contributed by atoms with Gasteiger partial charge in [-0.3, -0.25) is 0 Å². The lowest BCUT2D eigenvalue weighted by molar-refractivity contribution is 0.605. The van der Waals surface area contributed by atoms with Crippen molar-refractivity contribution in [3.05, 3.63) is 71.8 Å². The van der Waals surface area contributed by atoms with Gasteiger partial charge >= 0.3 is 0 Å². The fraction of sp³-hybridized carbons (Fsp3) is 0.222. The Kier molecular flexibility index (Phi) is 4.78. The largest absolute Gasteiger partial charge is 0.303 e. The molecule has 0 fully saturated rings. The van der Waals surface area contributed by atoms with E-state index in [4.69, 9.17) is 6.42 Å². The average Bonchev–Trinajstić information content (AvgIpc) is 2.49. The molecule has 0 aliphatic rings. The van der Waals surface area contributed by atoms with E-state index in [0.717, 1.165) is 6.54 Å². The molecule has 1 heteroatoms. The fourth-order valence-electron chi connectivity index (χ4n) is 2.15. The molecule has 96 valence electrons. The van der Waals surface area contributed by atoms with E-state index in [1.165, 1.54) is 11.1 Å². The number of rotatable bonds is 5. The Balaban J connectivity index is 2.22. The molecule has 0 bridgehead atoms. The van der Waals surface area contributed by atoms with Gasteiger partial charge in [-0.25, -0.2) is 0 Å². The van der Waals surface area contributed by atoms with Gasteiger partial charge in [0.05, 0.1) is 6.04 Å². The predicted molar refractivity (Wildman–Crippen MR) is 81.0 cm³/mol. The molecule has 2 aromatic rings. The minimum atomic E-state index is 0.0925. The molecule has 19 heavy (non-hydrogen) atoms. The molecule has 2 aromatic carbocycles. The normalized spacial score (nSPS) is 12.1. The topological polar surface area (TPSA) is 12.0 Å². The van der Waals surface area contributed by atoms with Crippen LogP contribution < -0.4 is 5.32 Å². The summed E-state index contributed by atoms with van der Waals surface area (Å²) in [6.45, 7) is 2.85. The minimum absolute atomic E-state index is 0.0925. The molecule has 1 atom stereocenters. The molecular weight excluding hydrogens is 230 g/mol. The van der Waals surface area contributed by atoms with Crippen LogP contribution in [-0.4, -0.2) is 12.6 Å². The van der Waals surface area contributed by atoms with Crippen molar-refractivity contribution in [3.63, 3.8) is 0 Å². The predicted octanol–water partition coefficient (Wildman–Crippen LogP) is 3.43. The summed E-state index contributed by atoms with van der Waals surface area (Å²) in [7, 11) is 0. The van der Waals surface area contributed by atoms with E-state index in [9.17, 15) is 0 Å². The van der Waals surface area contributed by atoms with E-state index < -0.39 is 0 Å². The first-order valence-electron chi connectivity index (χ1n) is 6.60.